The highest BCUT2D eigenvalue weighted by Gasteiger charge is 2.57. The van der Waals surface area contributed by atoms with Crippen molar-refractivity contribution in [3.63, 3.8) is 0 Å². The molecule has 4 aliphatic heterocycles. The molecule has 5 rings (SSSR count). The number of nitrogens with one attached hydrogen (secondary N) is 4. The van der Waals surface area contributed by atoms with Crippen LogP contribution in [-0.2, 0) is 4.79 Å². The van der Waals surface area contributed by atoms with Crippen molar-refractivity contribution in [1.82, 2.24) is 26.4 Å². The maximum atomic E-state index is 12.6. The predicted octanol–water partition coefficient (Wildman–Crippen LogP) is 1.44. The molecular formula is C22H39N5O. The number of hydrogen-bond donors (Lipinski definition) is 4. The molecule has 5 fully saturated rings. The third kappa shape index (κ3) is 3.21. The molecule has 158 valence electrons. The number of amides is 1. The lowest BCUT2D eigenvalue weighted by Gasteiger charge is -2.44. The molecule has 4 heterocycles. The van der Waals surface area contributed by atoms with Crippen LogP contribution in [0.4, 0.5) is 0 Å². The smallest absolute Gasteiger partial charge is 0.227 e. The number of carbonyl (C=O) groups excluding carboxylic acids is 1. The first-order chi connectivity index (χ1) is 13.6. The Morgan fingerprint density at radius 1 is 1.00 bits per heavy atom. The van der Waals surface area contributed by atoms with Crippen molar-refractivity contribution in [3.05, 3.63) is 0 Å². The van der Waals surface area contributed by atoms with E-state index in [0.717, 1.165) is 18.4 Å². The van der Waals surface area contributed by atoms with E-state index in [1.807, 2.05) is 0 Å². The van der Waals surface area contributed by atoms with Crippen LogP contribution in [0.25, 0.3) is 0 Å². The lowest BCUT2D eigenvalue weighted by molar-refractivity contribution is -0.127. The Labute approximate surface area is 169 Å². The second-order valence-corrected chi connectivity index (χ2v) is 10.6. The van der Waals surface area contributed by atoms with Crippen LogP contribution in [0.2, 0.25) is 0 Å². The van der Waals surface area contributed by atoms with Gasteiger partial charge in [0.15, 0.2) is 0 Å². The molecule has 4 saturated heterocycles. The van der Waals surface area contributed by atoms with Crippen molar-refractivity contribution in [2.45, 2.75) is 77.0 Å². The average molecular weight is 390 g/mol. The monoisotopic (exact) mass is 389 g/mol. The highest BCUT2D eigenvalue weighted by molar-refractivity contribution is 5.85. The largest absolute Gasteiger partial charge is 0.340 e. The molecule has 4 N–H and O–H groups in total. The third-order valence-electron chi connectivity index (χ3n) is 8.70. The number of hydrazine groups is 1. The number of hydrogen-bond acceptors (Lipinski definition) is 5. The molecule has 1 saturated carbocycles. The second kappa shape index (κ2) is 7.53. The Kier molecular flexibility index (Phi) is 5.19. The summed E-state index contributed by atoms with van der Waals surface area (Å²) in [5, 5.41) is 13.0. The molecule has 6 heteroatoms. The average Bonchev–Trinajstić information content (AvgIpc) is 3.18. The molecular weight excluding hydrogens is 350 g/mol. The summed E-state index contributed by atoms with van der Waals surface area (Å²) >= 11 is 0. The van der Waals surface area contributed by atoms with Crippen molar-refractivity contribution in [2.75, 3.05) is 26.2 Å². The quantitative estimate of drug-likeness (QED) is 0.588. The van der Waals surface area contributed by atoms with Crippen molar-refractivity contribution < 1.29 is 4.79 Å². The van der Waals surface area contributed by atoms with Gasteiger partial charge in [0.05, 0.1) is 6.17 Å². The Morgan fingerprint density at radius 2 is 1.79 bits per heavy atom. The predicted molar refractivity (Wildman–Crippen MR) is 110 cm³/mol. The molecule has 0 bridgehead atoms. The summed E-state index contributed by atoms with van der Waals surface area (Å²) in [4.78, 5) is 12.6. The first kappa shape index (κ1) is 19.3. The van der Waals surface area contributed by atoms with Crippen LogP contribution < -0.4 is 21.4 Å². The minimum absolute atomic E-state index is 0.156. The Hall–Kier alpha value is -0.690. The second-order valence-electron chi connectivity index (χ2n) is 10.6. The van der Waals surface area contributed by atoms with Gasteiger partial charge in [0, 0.05) is 30.0 Å². The summed E-state index contributed by atoms with van der Waals surface area (Å²) < 4.78 is 0. The Morgan fingerprint density at radius 3 is 2.61 bits per heavy atom. The van der Waals surface area contributed by atoms with E-state index in [-0.39, 0.29) is 17.5 Å². The van der Waals surface area contributed by atoms with Gasteiger partial charge in [0.25, 0.3) is 0 Å². The zero-order valence-electron chi connectivity index (χ0n) is 17.7. The van der Waals surface area contributed by atoms with E-state index >= 15 is 0 Å². The molecule has 6 atom stereocenters. The van der Waals surface area contributed by atoms with E-state index in [1.54, 1.807) is 0 Å². The molecule has 1 aliphatic carbocycles. The maximum Gasteiger partial charge on any atom is 0.227 e. The summed E-state index contributed by atoms with van der Waals surface area (Å²) in [6, 6.07) is 1.24. The van der Waals surface area contributed by atoms with Gasteiger partial charge in [0.2, 0.25) is 5.91 Å². The van der Waals surface area contributed by atoms with E-state index in [0.29, 0.717) is 23.9 Å². The van der Waals surface area contributed by atoms with Gasteiger partial charge in [0.1, 0.15) is 0 Å². The number of nitrogens with zero attached hydrogens (tertiary/aromatic N) is 1. The van der Waals surface area contributed by atoms with Gasteiger partial charge in [-0.2, -0.15) is 0 Å². The Balaban J connectivity index is 1.37. The summed E-state index contributed by atoms with van der Waals surface area (Å²) in [6.07, 6.45) is 9.41. The van der Waals surface area contributed by atoms with E-state index in [2.05, 4.69) is 40.2 Å². The van der Waals surface area contributed by atoms with Crippen molar-refractivity contribution >= 4 is 5.91 Å². The molecule has 0 aromatic carbocycles. The zero-order valence-corrected chi connectivity index (χ0v) is 17.7. The first-order valence-electron chi connectivity index (χ1n) is 11.8. The fraction of sp³-hybridized carbons (Fsp3) is 0.955. The minimum atomic E-state index is -0.281. The molecule has 6 nitrogen and oxygen atoms in total. The van der Waals surface area contributed by atoms with Crippen molar-refractivity contribution in [1.29, 1.82) is 0 Å². The fourth-order valence-corrected chi connectivity index (χ4v) is 7.21. The molecule has 0 aromatic rings. The molecule has 6 unspecified atom stereocenters. The molecule has 0 aromatic heterocycles. The van der Waals surface area contributed by atoms with Gasteiger partial charge in [-0.05, 0) is 69.5 Å². The Bertz CT molecular complexity index is 589. The van der Waals surface area contributed by atoms with Gasteiger partial charge in [-0.1, -0.05) is 26.7 Å². The lowest BCUT2D eigenvalue weighted by Crippen LogP contribution is -2.56. The number of fused-ring (bicyclic) bond motifs is 2. The van der Waals surface area contributed by atoms with E-state index in [1.165, 1.54) is 64.6 Å². The van der Waals surface area contributed by atoms with Crippen LogP contribution in [0.1, 0.15) is 58.8 Å². The summed E-state index contributed by atoms with van der Waals surface area (Å²) in [5.41, 5.74) is 3.78. The molecule has 28 heavy (non-hydrogen) atoms. The topological polar surface area (TPSA) is 68.4 Å². The number of carbonyl (C=O) groups is 1. The van der Waals surface area contributed by atoms with Gasteiger partial charge in [-0.25, -0.2) is 5.01 Å². The summed E-state index contributed by atoms with van der Waals surface area (Å²) in [6.45, 7) is 8.90. The normalized spacial score (nSPS) is 44.1. The summed E-state index contributed by atoms with van der Waals surface area (Å²) in [5.74, 6) is 2.76. The third-order valence-corrected chi connectivity index (χ3v) is 8.70. The van der Waals surface area contributed by atoms with Crippen LogP contribution >= 0.6 is 0 Å². The van der Waals surface area contributed by atoms with E-state index < -0.39 is 0 Å². The number of rotatable bonds is 3. The lowest BCUT2D eigenvalue weighted by atomic mass is 9.64. The fourth-order valence-electron chi connectivity index (χ4n) is 7.21. The standard InChI is InChI=1S/C22H39N5O/c1-22(2)18-16(9-12-24-20(18)25-21(22)28)19-15-5-3-4-6-17(15)27(26-19)13-14-7-10-23-11-8-14/h14-20,23-24,26H,3-13H2,1-2H3,(H,25,28). The van der Waals surface area contributed by atoms with E-state index in [9.17, 15) is 4.79 Å². The van der Waals surface area contributed by atoms with Crippen molar-refractivity contribution in [2.24, 2.45) is 29.1 Å². The maximum absolute atomic E-state index is 12.6. The number of piperidine rings is 2. The molecule has 5 aliphatic rings. The van der Waals surface area contributed by atoms with E-state index in [4.69, 9.17) is 0 Å². The molecule has 0 spiro atoms. The summed E-state index contributed by atoms with van der Waals surface area (Å²) in [7, 11) is 0. The van der Waals surface area contributed by atoms with Crippen LogP contribution in [0.3, 0.4) is 0 Å². The van der Waals surface area contributed by atoms with Crippen molar-refractivity contribution in [3.8, 4) is 0 Å². The highest BCUT2D eigenvalue weighted by Crippen LogP contribution is 2.48. The van der Waals surface area contributed by atoms with Crippen LogP contribution in [0, 0.1) is 29.1 Å². The van der Waals surface area contributed by atoms with Crippen LogP contribution in [0.15, 0.2) is 0 Å². The highest BCUT2D eigenvalue weighted by atomic mass is 16.2. The first-order valence-corrected chi connectivity index (χ1v) is 11.8. The van der Waals surface area contributed by atoms with Gasteiger partial charge in [-0.3, -0.25) is 15.5 Å². The van der Waals surface area contributed by atoms with Gasteiger partial charge < -0.3 is 10.6 Å². The zero-order chi connectivity index (χ0) is 19.3. The molecule has 0 radical (unpaired) electrons. The van der Waals surface area contributed by atoms with Crippen LogP contribution in [0.5, 0.6) is 0 Å². The van der Waals surface area contributed by atoms with Crippen LogP contribution in [-0.4, -0.2) is 55.3 Å². The minimum Gasteiger partial charge on any atom is -0.340 e. The molecule has 1 amide bonds. The van der Waals surface area contributed by atoms with Gasteiger partial charge in [-0.15, -0.1) is 0 Å². The van der Waals surface area contributed by atoms with Gasteiger partial charge >= 0.3 is 0 Å². The SMILES string of the molecule is CC1(C)C(=O)NC2NCCC(C3NN(CC4CCNCC4)C4CCCCC34)C21.